The van der Waals surface area contributed by atoms with Crippen molar-refractivity contribution in [2.24, 2.45) is 0 Å². The van der Waals surface area contributed by atoms with Gasteiger partial charge in [-0.3, -0.25) is 9.69 Å². The maximum atomic E-state index is 14.8. The molecular weight excluding hydrogens is 485 g/mol. The lowest BCUT2D eigenvalue weighted by Crippen LogP contribution is -2.29. The zero-order valence-corrected chi connectivity index (χ0v) is 21.2. The fourth-order valence-corrected chi connectivity index (χ4v) is 4.91. The third kappa shape index (κ3) is 5.80. The molecule has 0 N–H and O–H groups in total. The molecule has 6 nitrogen and oxygen atoms in total. The van der Waals surface area contributed by atoms with Crippen molar-refractivity contribution in [3.05, 3.63) is 71.0 Å². The molecule has 3 aromatic rings. The molecule has 2 aromatic carbocycles. The van der Waals surface area contributed by atoms with Gasteiger partial charge < -0.3 is 9.47 Å². The Labute approximate surface area is 213 Å². The van der Waals surface area contributed by atoms with Gasteiger partial charge in [-0.05, 0) is 49.2 Å². The number of methoxy groups -OCH3 is 1. The van der Waals surface area contributed by atoms with Gasteiger partial charge in [0.15, 0.2) is 11.6 Å². The van der Waals surface area contributed by atoms with Gasteiger partial charge in [0.05, 0.1) is 17.2 Å². The van der Waals surface area contributed by atoms with Gasteiger partial charge >= 0.3 is 0 Å². The van der Waals surface area contributed by atoms with Crippen LogP contribution in [-0.4, -0.2) is 51.8 Å². The molecule has 1 aliphatic rings. The van der Waals surface area contributed by atoms with Crippen LogP contribution in [0.1, 0.15) is 25.3 Å². The summed E-state index contributed by atoms with van der Waals surface area (Å²) < 4.78 is 27.6. The SMILES string of the molecule is CCCOc1ccc(-c2nn(-c3ccccc3)cc2/C=C2\SC(=S)N(CCCOC)C2=O)cc1F. The van der Waals surface area contributed by atoms with Crippen molar-refractivity contribution in [2.75, 3.05) is 26.9 Å². The standard InChI is InChI=1S/C26H26FN3O3S2/c1-3-13-33-22-11-10-18(15-21(22)27)24-19(17-30(28-24)20-8-5-4-6-9-20)16-23-25(31)29(26(34)35-23)12-7-14-32-2/h4-6,8-11,15-17H,3,7,12-14H2,1-2H3/b23-16-. The van der Waals surface area contributed by atoms with Gasteiger partial charge in [0.25, 0.3) is 5.91 Å². The number of rotatable bonds is 10. The number of carbonyl (C=O) groups excluding carboxylic acids is 1. The largest absolute Gasteiger partial charge is 0.491 e. The molecule has 0 unspecified atom stereocenters. The van der Waals surface area contributed by atoms with Crippen LogP contribution in [0.15, 0.2) is 59.6 Å². The van der Waals surface area contributed by atoms with Crippen LogP contribution in [-0.2, 0) is 9.53 Å². The second-order valence-electron chi connectivity index (χ2n) is 7.89. The second-order valence-corrected chi connectivity index (χ2v) is 9.56. The van der Waals surface area contributed by atoms with E-state index in [9.17, 15) is 9.18 Å². The Morgan fingerprint density at radius 3 is 2.69 bits per heavy atom. The molecular formula is C26H26FN3O3S2. The minimum atomic E-state index is -0.458. The lowest BCUT2D eigenvalue weighted by Gasteiger charge is -2.13. The summed E-state index contributed by atoms with van der Waals surface area (Å²) in [5.41, 5.74) is 2.68. The molecule has 1 aliphatic heterocycles. The first kappa shape index (κ1) is 25.1. The molecule has 0 saturated carbocycles. The van der Waals surface area contributed by atoms with Gasteiger partial charge in [-0.25, -0.2) is 9.07 Å². The number of ether oxygens (including phenoxy) is 2. The highest BCUT2D eigenvalue weighted by Crippen LogP contribution is 2.35. The maximum Gasteiger partial charge on any atom is 0.266 e. The molecule has 0 spiro atoms. The molecule has 1 fully saturated rings. The molecule has 35 heavy (non-hydrogen) atoms. The third-order valence-corrected chi connectivity index (χ3v) is 6.70. The van der Waals surface area contributed by atoms with Crippen LogP contribution < -0.4 is 4.74 Å². The smallest absolute Gasteiger partial charge is 0.266 e. The van der Waals surface area contributed by atoms with E-state index in [1.165, 1.54) is 17.8 Å². The van der Waals surface area contributed by atoms with Crippen molar-refractivity contribution in [1.82, 2.24) is 14.7 Å². The van der Waals surface area contributed by atoms with Crippen LogP contribution in [0.3, 0.4) is 0 Å². The van der Waals surface area contributed by atoms with Crippen LogP contribution in [0.25, 0.3) is 23.0 Å². The Kier molecular flexibility index (Phi) is 8.33. The highest BCUT2D eigenvalue weighted by atomic mass is 32.2. The number of halogens is 1. The quantitative estimate of drug-likeness (QED) is 0.198. The first-order valence-electron chi connectivity index (χ1n) is 11.3. The number of thioether (sulfide) groups is 1. The predicted molar refractivity (Wildman–Crippen MR) is 141 cm³/mol. The van der Waals surface area contributed by atoms with E-state index in [1.54, 1.807) is 34.9 Å². The molecule has 0 atom stereocenters. The number of hydrogen-bond acceptors (Lipinski definition) is 6. The fourth-order valence-electron chi connectivity index (χ4n) is 3.61. The van der Waals surface area contributed by atoms with Crippen molar-refractivity contribution in [3.63, 3.8) is 0 Å². The first-order chi connectivity index (χ1) is 17.0. The Hall–Kier alpha value is -3.01. The second kappa shape index (κ2) is 11.6. The van der Waals surface area contributed by atoms with Crippen molar-refractivity contribution in [3.8, 4) is 22.7 Å². The number of benzene rings is 2. The van der Waals surface area contributed by atoms with E-state index in [0.717, 1.165) is 12.1 Å². The molecule has 0 radical (unpaired) electrons. The molecule has 182 valence electrons. The number of para-hydroxylation sites is 1. The van der Waals surface area contributed by atoms with E-state index in [4.69, 9.17) is 26.8 Å². The summed E-state index contributed by atoms with van der Waals surface area (Å²) >= 11 is 6.69. The van der Waals surface area contributed by atoms with Crippen molar-refractivity contribution >= 4 is 40.3 Å². The number of hydrogen-bond donors (Lipinski definition) is 0. The van der Waals surface area contributed by atoms with Crippen LogP contribution in [0, 0.1) is 5.82 Å². The summed E-state index contributed by atoms with van der Waals surface area (Å²) in [6.07, 6.45) is 5.09. The maximum absolute atomic E-state index is 14.8. The summed E-state index contributed by atoms with van der Waals surface area (Å²) in [7, 11) is 1.63. The zero-order valence-electron chi connectivity index (χ0n) is 19.6. The predicted octanol–water partition coefficient (Wildman–Crippen LogP) is 5.70. The summed E-state index contributed by atoms with van der Waals surface area (Å²) in [6, 6.07) is 14.4. The molecule has 0 aliphatic carbocycles. The topological polar surface area (TPSA) is 56.6 Å². The number of carbonyl (C=O) groups is 1. The van der Waals surface area contributed by atoms with Gasteiger partial charge in [-0.2, -0.15) is 5.10 Å². The van der Waals surface area contributed by atoms with Gasteiger partial charge in [0, 0.05) is 37.6 Å². The average molecular weight is 512 g/mol. The molecule has 0 bridgehead atoms. The molecule has 2 heterocycles. The zero-order chi connectivity index (χ0) is 24.8. The van der Waals surface area contributed by atoms with E-state index in [1.807, 2.05) is 43.5 Å². The van der Waals surface area contributed by atoms with Crippen molar-refractivity contribution < 1.29 is 18.7 Å². The van der Waals surface area contributed by atoms with Crippen molar-refractivity contribution in [1.29, 1.82) is 0 Å². The Balaban J connectivity index is 1.71. The van der Waals surface area contributed by atoms with Crippen LogP contribution in [0.4, 0.5) is 4.39 Å². The first-order valence-corrected chi connectivity index (χ1v) is 12.6. The summed E-state index contributed by atoms with van der Waals surface area (Å²) in [6.45, 7) is 3.45. The van der Waals surface area contributed by atoms with Gasteiger partial charge in [-0.15, -0.1) is 0 Å². The van der Waals surface area contributed by atoms with Crippen molar-refractivity contribution in [2.45, 2.75) is 19.8 Å². The van der Waals surface area contributed by atoms with E-state index in [0.29, 0.717) is 52.2 Å². The molecule has 9 heteroatoms. The molecule has 1 amide bonds. The average Bonchev–Trinajstić information content (AvgIpc) is 3.40. The van der Waals surface area contributed by atoms with Crippen LogP contribution in [0.2, 0.25) is 0 Å². The Morgan fingerprint density at radius 2 is 1.97 bits per heavy atom. The van der Waals surface area contributed by atoms with Gasteiger partial charge in [0.2, 0.25) is 0 Å². The molecule has 1 aromatic heterocycles. The van der Waals surface area contributed by atoms with E-state index < -0.39 is 5.82 Å². The van der Waals surface area contributed by atoms with E-state index >= 15 is 0 Å². The Bertz CT molecular complexity index is 1240. The number of amides is 1. The third-order valence-electron chi connectivity index (χ3n) is 5.32. The van der Waals surface area contributed by atoms with E-state index in [2.05, 4.69) is 0 Å². The minimum Gasteiger partial charge on any atom is -0.491 e. The molecule has 1 saturated heterocycles. The highest BCUT2D eigenvalue weighted by molar-refractivity contribution is 8.26. The number of thiocarbonyl (C=S) groups is 1. The highest BCUT2D eigenvalue weighted by Gasteiger charge is 2.32. The fraction of sp³-hybridized carbons (Fsp3) is 0.269. The minimum absolute atomic E-state index is 0.149. The summed E-state index contributed by atoms with van der Waals surface area (Å²) in [5.74, 6) is -0.402. The molecule has 4 rings (SSSR count). The normalized spacial score (nSPS) is 14.8. The van der Waals surface area contributed by atoms with Gasteiger partial charge in [0.1, 0.15) is 10.0 Å². The summed E-state index contributed by atoms with van der Waals surface area (Å²) in [4.78, 5) is 15.1. The number of aromatic nitrogens is 2. The summed E-state index contributed by atoms with van der Waals surface area (Å²) in [5, 5.41) is 4.73. The lowest BCUT2D eigenvalue weighted by atomic mass is 10.1. The van der Waals surface area contributed by atoms with E-state index in [-0.39, 0.29) is 11.7 Å². The van der Waals surface area contributed by atoms with Gasteiger partial charge in [-0.1, -0.05) is 49.1 Å². The lowest BCUT2D eigenvalue weighted by molar-refractivity contribution is -0.122. The Morgan fingerprint density at radius 1 is 1.17 bits per heavy atom. The van der Waals surface area contributed by atoms with Crippen LogP contribution >= 0.6 is 24.0 Å². The monoisotopic (exact) mass is 511 g/mol. The van der Waals surface area contributed by atoms with Crippen LogP contribution in [0.5, 0.6) is 5.75 Å². The number of nitrogens with zero attached hydrogens (tertiary/aromatic N) is 3.